The Kier molecular flexibility index (Phi) is 9.95. The van der Waals surface area contributed by atoms with Gasteiger partial charge in [-0.05, 0) is 82.9 Å². The van der Waals surface area contributed by atoms with Crippen LogP contribution in [0.3, 0.4) is 0 Å². The maximum absolute atomic E-state index is 12.9. The minimum atomic E-state index is -0.526. The van der Waals surface area contributed by atoms with Gasteiger partial charge in [0.1, 0.15) is 11.7 Å². The van der Waals surface area contributed by atoms with Crippen LogP contribution in [0.25, 0.3) is 44.2 Å². The number of nitrogens with one attached hydrogen (secondary N) is 3. The van der Waals surface area contributed by atoms with E-state index in [9.17, 15) is 19.2 Å². The van der Waals surface area contributed by atoms with E-state index in [1.807, 2.05) is 81.8 Å². The highest BCUT2D eigenvalue weighted by Crippen LogP contribution is 2.35. The molecule has 0 saturated carbocycles. The van der Waals surface area contributed by atoms with Crippen molar-refractivity contribution >= 4 is 50.9 Å². The number of carbonyl (C=O) groups excluding carboxylic acids is 3. The van der Waals surface area contributed by atoms with Gasteiger partial charge in [-0.1, -0.05) is 43.9 Å². The zero-order chi connectivity index (χ0) is 39.0. The Morgan fingerprint density at radius 3 is 2.51 bits per heavy atom. The van der Waals surface area contributed by atoms with Crippen molar-refractivity contribution in [2.75, 3.05) is 30.9 Å². The minimum absolute atomic E-state index is 0.0518. The number of piperidine rings is 1. The summed E-state index contributed by atoms with van der Waals surface area (Å²) < 4.78 is 3.42. The summed E-state index contributed by atoms with van der Waals surface area (Å²) in [5, 5.41) is 10.4. The average molecular weight is 735 g/mol. The lowest BCUT2D eigenvalue weighted by Gasteiger charge is -2.26. The van der Waals surface area contributed by atoms with E-state index < -0.39 is 6.04 Å². The second-order valence-corrected chi connectivity index (χ2v) is 14.3. The Morgan fingerprint density at radius 2 is 1.78 bits per heavy atom. The average Bonchev–Trinajstić information content (AvgIpc) is 3.39. The van der Waals surface area contributed by atoms with Crippen molar-refractivity contribution in [1.29, 1.82) is 0 Å². The number of amides is 3. The summed E-state index contributed by atoms with van der Waals surface area (Å²) in [6.45, 7) is 4.38. The number of pyridine rings is 2. The number of imide groups is 1. The van der Waals surface area contributed by atoms with Crippen molar-refractivity contribution in [2.24, 2.45) is 14.1 Å². The summed E-state index contributed by atoms with van der Waals surface area (Å²) in [5.41, 5.74) is 9.01. The molecule has 12 heteroatoms. The first-order valence-electron chi connectivity index (χ1n) is 18.1. The number of imidazole rings is 1. The van der Waals surface area contributed by atoms with Crippen LogP contribution < -0.4 is 26.5 Å². The van der Waals surface area contributed by atoms with Gasteiger partial charge in [-0.3, -0.25) is 38.8 Å². The zero-order valence-electron chi connectivity index (χ0n) is 31.7. The van der Waals surface area contributed by atoms with E-state index in [4.69, 9.17) is 4.98 Å². The van der Waals surface area contributed by atoms with Gasteiger partial charge in [0, 0.05) is 63.5 Å². The highest BCUT2D eigenvalue weighted by molar-refractivity contribution is 6.02. The Balaban J connectivity index is 1.04. The molecule has 0 spiro atoms. The molecule has 1 aliphatic rings. The second-order valence-electron chi connectivity index (χ2n) is 14.3. The molecule has 0 radical (unpaired) electrons. The molecule has 4 heterocycles. The Morgan fingerprint density at radius 1 is 0.964 bits per heavy atom. The monoisotopic (exact) mass is 734 g/mol. The quantitative estimate of drug-likeness (QED) is 0.141. The summed E-state index contributed by atoms with van der Waals surface area (Å²) in [5.74, 6) is 5.31. The molecule has 3 amide bonds. The third kappa shape index (κ3) is 7.29. The first kappa shape index (κ1) is 36.6. The molecule has 3 aromatic heterocycles. The van der Waals surface area contributed by atoms with Crippen LogP contribution in [0.15, 0.2) is 83.9 Å². The summed E-state index contributed by atoms with van der Waals surface area (Å²) >= 11 is 0. The number of carbonyl (C=O) groups is 3. The normalized spacial score (nSPS) is 14.1. The summed E-state index contributed by atoms with van der Waals surface area (Å²) in [6.07, 6.45) is 4.19. The van der Waals surface area contributed by atoms with Crippen molar-refractivity contribution in [2.45, 2.75) is 38.6 Å². The minimum Gasteiger partial charge on any atom is -0.376 e. The van der Waals surface area contributed by atoms with Crippen LogP contribution in [0.2, 0.25) is 0 Å². The molecule has 12 nitrogen and oxygen atoms in total. The van der Waals surface area contributed by atoms with Crippen LogP contribution in [0.4, 0.5) is 11.4 Å². The van der Waals surface area contributed by atoms with Crippen molar-refractivity contribution in [3.63, 3.8) is 0 Å². The number of hydrogen-bond acceptors (Lipinski definition) is 8. The fraction of sp³-hybridized carbons (Fsp3) is 0.256. The van der Waals surface area contributed by atoms with Gasteiger partial charge in [-0.25, -0.2) is 4.79 Å². The summed E-state index contributed by atoms with van der Waals surface area (Å²) in [7, 11) is 7.44. The molecule has 0 aliphatic carbocycles. The van der Waals surface area contributed by atoms with E-state index in [1.165, 1.54) is 0 Å². The first-order valence-corrected chi connectivity index (χ1v) is 18.1. The fourth-order valence-electron chi connectivity index (χ4n) is 7.04. The molecule has 3 N–H and O–H groups in total. The van der Waals surface area contributed by atoms with E-state index in [2.05, 4.69) is 64.8 Å². The molecule has 55 heavy (non-hydrogen) atoms. The number of fused-ring (bicyclic) bond motifs is 2. The van der Waals surface area contributed by atoms with Gasteiger partial charge >= 0.3 is 5.69 Å². The van der Waals surface area contributed by atoms with E-state index in [-0.39, 0.29) is 48.0 Å². The molecule has 0 bridgehead atoms. The lowest BCUT2D eigenvalue weighted by atomic mass is 9.93. The van der Waals surface area contributed by atoms with Gasteiger partial charge in [0.25, 0.3) is 5.91 Å². The molecule has 278 valence electrons. The van der Waals surface area contributed by atoms with Crippen LogP contribution in [0.1, 0.15) is 54.2 Å². The molecule has 1 unspecified atom stereocenters. The van der Waals surface area contributed by atoms with E-state index in [0.717, 1.165) is 61.1 Å². The van der Waals surface area contributed by atoms with Gasteiger partial charge < -0.3 is 15.5 Å². The van der Waals surface area contributed by atoms with Gasteiger partial charge in [0.05, 0.1) is 34.6 Å². The standard InChI is InChI=1S/C43H42N8O4/c1-25(2)31-20-29(22-38-40(31)51(6)43(55)50(38)5)30-11-7-10-27-21-35(46-24-32(27)30)28-13-14-33(45-23-28)41(53)44-18-8-9-26-12-16-37(49(3)4)36(19-26)47-34-15-17-39(52)48-42(34)54/h7,10-14,16,19-25,34,47H,15,17-18H2,1-6H3,(H,44,53)(H,48,52,54). The first-order chi connectivity index (χ1) is 26.4. The lowest BCUT2D eigenvalue weighted by Crippen LogP contribution is -2.47. The predicted octanol–water partition coefficient (Wildman–Crippen LogP) is 5.34. The third-order valence-corrected chi connectivity index (χ3v) is 10.00. The summed E-state index contributed by atoms with van der Waals surface area (Å²) in [4.78, 5) is 60.8. The molecule has 1 aliphatic heterocycles. The molecule has 6 aromatic rings. The SMILES string of the molecule is CC(C)c1cc(-c2cccc3cc(-c4ccc(C(=O)NCC#Cc5ccc(N(C)C)c(NC6CCC(=O)NC6=O)c5)nc4)ncc23)cc2c1n(C)c(=O)n2C. The van der Waals surface area contributed by atoms with Crippen molar-refractivity contribution in [3.05, 3.63) is 106 Å². The maximum Gasteiger partial charge on any atom is 0.328 e. The van der Waals surface area contributed by atoms with Crippen molar-refractivity contribution in [3.8, 4) is 34.2 Å². The number of nitrogens with zero attached hydrogens (tertiary/aromatic N) is 5. The Labute approximate surface area is 318 Å². The van der Waals surface area contributed by atoms with Crippen LogP contribution in [-0.4, -0.2) is 63.5 Å². The van der Waals surface area contributed by atoms with Crippen LogP contribution in [0, 0.1) is 11.8 Å². The molecular weight excluding hydrogens is 693 g/mol. The number of hydrogen-bond donors (Lipinski definition) is 3. The molecule has 1 fully saturated rings. The molecule has 1 saturated heterocycles. The van der Waals surface area contributed by atoms with Crippen LogP contribution in [-0.2, 0) is 23.7 Å². The maximum atomic E-state index is 12.9. The second kappa shape index (κ2) is 14.9. The fourth-order valence-corrected chi connectivity index (χ4v) is 7.04. The topological polar surface area (TPSA) is 143 Å². The highest BCUT2D eigenvalue weighted by Gasteiger charge is 2.27. The third-order valence-electron chi connectivity index (χ3n) is 10.00. The Hall–Kier alpha value is -6.74. The van der Waals surface area contributed by atoms with Crippen LogP contribution >= 0.6 is 0 Å². The lowest BCUT2D eigenvalue weighted by molar-refractivity contribution is -0.133. The van der Waals surface area contributed by atoms with E-state index in [0.29, 0.717) is 12.0 Å². The zero-order valence-corrected chi connectivity index (χ0v) is 31.7. The predicted molar refractivity (Wildman–Crippen MR) is 216 cm³/mol. The van der Waals surface area contributed by atoms with Gasteiger partial charge in [0.2, 0.25) is 11.8 Å². The Bertz CT molecular complexity index is 2630. The molecule has 3 aromatic carbocycles. The van der Waals surface area contributed by atoms with Crippen LogP contribution in [0.5, 0.6) is 0 Å². The van der Waals surface area contributed by atoms with E-state index in [1.54, 1.807) is 21.4 Å². The van der Waals surface area contributed by atoms with Crippen molar-refractivity contribution in [1.82, 2.24) is 29.7 Å². The largest absolute Gasteiger partial charge is 0.376 e. The van der Waals surface area contributed by atoms with Crippen molar-refractivity contribution < 1.29 is 14.4 Å². The molecule has 7 rings (SSSR count). The number of aryl methyl sites for hydroxylation is 2. The number of benzene rings is 3. The number of aromatic nitrogens is 4. The van der Waals surface area contributed by atoms with Gasteiger partial charge in [-0.2, -0.15) is 0 Å². The molecule has 1 atom stereocenters. The van der Waals surface area contributed by atoms with Gasteiger partial charge in [-0.15, -0.1) is 0 Å². The number of anilines is 2. The molecular formula is C43H42N8O4. The van der Waals surface area contributed by atoms with E-state index >= 15 is 0 Å². The summed E-state index contributed by atoms with van der Waals surface area (Å²) in [6, 6.07) is 21.0. The smallest absolute Gasteiger partial charge is 0.328 e. The highest BCUT2D eigenvalue weighted by atomic mass is 16.2. The number of rotatable bonds is 8. The van der Waals surface area contributed by atoms with Gasteiger partial charge in [0.15, 0.2) is 0 Å².